The highest BCUT2D eigenvalue weighted by Crippen LogP contribution is 2.21. The lowest BCUT2D eigenvalue weighted by Crippen LogP contribution is -2.32. The molecule has 2 saturated heterocycles. The third kappa shape index (κ3) is 1.12. The minimum absolute atomic E-state index is 0.0378. The highest BCUT2D eigenvalue weighted by Gasteiger charge is 2.38. The van der Waals surface area contributed by atoms with Crippen molar-refractivity contribution in [1.29, 1.82) is 0 Å². The molecule has 0 bridgehead atoms. The van der Waals surface area contributed by atoms with Crippen LogP contribution in [0.4, 0.5) is 0 Å². The number of carbonyl (C=O) groups is 2. The molecule has 2 atom stereocenters. The van der Waals surface area contributed by atoms with Crippen molar-refractivity contribution in [3.63, 3.8) is 0 Å². The second-order valence-electron chi connectivity index (χ2n) is 3.38. The van der Waals surface area contributed by atoms with Crippen LogP contribution in [0, 0.1) is 11.8 Å². The van der Waals surface area contributed by atoms with Crippen LogP contribution in [0.5, 0.6) is 0 Å². The minimum atomic E-state index is -0.111. The maximum atomic E-state index is 11.4. The molecule has 12 heavy (non-hydrogen) atoms. The van der Waals surface area contributed by atoms with Gasteiger partial charge in [-0.25, -0.2) is 0 Å². The third-order valence-corrected chi connectivity index (χ3v) is 2.64. The summed E-state index contributed by atoms with van der Waals surface area (Å²) in [6.45, 7) is 1.85. The number of fused-ring (bicyclic) bond motifs is 1. The minimum Gasteiger partial charge on any atom is -0.355 e. The van der Waals surface area contributed by atoms with E-state index in [9.17, 15) is 9.59 Å². The lowest BCUT2D eigenvalue weighted by molar-refractivity contribution is -0.129. The molecule has 2 unspecified atom stereocenters. The van der Waals surface area contributed by atoms with Crippen LogP contribution in [0.25, 0.3) is 0 Å². The zero-order chi connectivity index (χ0) is 8.55. The van der Waals surface area contributed by atoms with Gasteiger partial charge in [-0.15, -0.1) is 0 Å². The van der Waals surface area contributed by atoms with E-state index in [1.807, 2.05) is 0 Å². The monoisotopic (exact) mass is 168 g/mol. The Balaban J connectivity index is 2.20. The Morgan fingerprint density at radius 3 is 2.75 bits per heavy atom. The first-order chi connectivity index (χ1) is 5.79. The molecule has 2 fully saturated rings. The molecular formula is C8H12N2O2. The van der Waals surface area contributed by atoms with E-state index in [1.165, 1.54) is 0 Å². The number of ketones is 1. The van der Waals surface area contributed by atoms with Gasteiger partial charge < -0.3 is 10.6 Å². The molecule has 2 rings (SSSR count). The summed E-state index contributed by atoms with van der Waals surface area (Å²) in [6, 6.07) is 0. The van der Waals surface area contributed by atoms with Crippen LogP contribution in [-0.4, -0.2) is 31.3 Å². The van der Waals surface area contributed by atoms with Crippen molar-refractivity contribution in [2.75, 3.05) is 19.6 Å². The number of rotatable bonds is 0. The van der Waals surface area contributed by atoms with Crippen molar-refractivity contribution in [1.82, 2.24) is 10.6 Å². The highest BCUT2D eigenvalue weighted by atomic mass is 16.2. The highest BCUT2D eigenvalue weighted by molar-refractivity contribution is 5.92. The maximum absolute atomic E-state index is 11.4. The fraction of sp³-hybridized carbons (Fsp3) is 0.750. The van der Waals surface area contributed by atoms with Gasteiger partial charge in [0.2, 0.25) is 5.91 Å². The lowest BCUT2D eigenvalue weighted by atomic mass is 9.91. The molecular weight excluding hydrogens is 156 g/mol. The van der Waals surface area contributed by atoms with Crippen molar-refractivity contribution in [2.45, 2.75) is 6.42 Å². The first-order valence-corrected chi connectivity index (χ1v) is 4.30. The number of amides is 1. The van der Waals surface area contributed by atoms with Crippen LogP contribution in [0.15, 0.2) is 0 Å². The van der Waals surface area contributed by atoms with E-state index in [0.29, 0.717) is 26.1 Å². The van der Waals surface area contributed by atoms with Crippen LogP contribution >= 0.6 is 0 Å². The zero-order valence-electron chi connectivity index (χ0n) is 6.80. The van der Waals surface area contributed by atoms with Crippen molar-refractivity contribution < 1.29 is 9.59 Å². The molecule has 0 aliphatic carbocycles. The second-order valence-corrected chi connectivity index (χ2v) is 3.38. The predicted octanol–water partition coefficient (Wildman–Crippen LogP) is -1.09. The normalized spacial score (nSPS) is 35.7. The molecule has 2 heterocycles. The average molecular weight is 168 g/mol. The molecule has 2 N–H and O–H groups in total. The van der Waals surface area contributed by atoms with Crippen LogP contribution in [0.1, 0.15) is 6.42 Å². The largest absolute Gasteiger partial charge is 0.355 e. The van der Waals surface area contributed by atoms with Crippen LogP contribution in [-0.2, 0) is 9.59 Å². The van der Waals surface area contributed by atoms with E-state index in [-0.39, 0.29) is 23.5 Å². The first kappa shape index (κ1) is 7.73. The van der Waals surface area contributed by atoms with E-state index in [2.05, 4.69) is 10.6 Å². The quantitative estimate of drug-likeness (QED) is 0.483. The van der Waals surface area contributed by atoms with Gasteiger partial charge in [0, 0.05) is 32.0 Å². The summed E-state index contributed by atoms with van der Waals surface area (Å²) in [5.74, 6) is 0.0895. The first-order valence-electron chi connectivity index (χ1n) is 4.30. The summed E-state index contributed by atoms with van der Waals surface area (Å²) < 4.78 is 0. The van der Waals surface area contributed by atoms with Gasteiger partial charge in [-0.1, -0.05) is 0 Å². The summed E-state index contributed by atoms with van der Waals surface area (Å²) in [7, 11) is 0. The predicted molar refractivity (Wildman–Crippen MR) is 42.5 cm³/mol. The van der Waals surface area contributed by atoms with Gasteiger partial charge in [-0.3, -0.25) is 9.59 Å². The number of Topliss-reactive ketones (excluding diaryl/α,β-unsaturated/α-hetero) is 1. The second kappa shape index (κ2) is 2.86. The molecule has 0 aromatic rings. The van der Waals surface area contributed by atoms with Gasteiger partial charge in [0.05, 0.1) is 5.92 Å². The molecule has 0 spiro atoms. The molecule has 4 heteroatoms. The maximum Gasteiger partial charge on any atom is 0.225 e. The van der Waals surface area contributed by atoms with Crippen LogP contribution in [0.2, 0.25) is 0 Å². The Kier molecular flexibility index (Phi) is 1.84. The third-order valence-electron chi connectivity index (χ3n) is 2.64. The van der Waals surface area contributed by atoms with Gasteiger partial charge in [0.1, 0.15) is 5.78 Å². The van der Waals surface area contributed by atoms with Gasteiger partial charge >= 0.3 is 0 Å². The number of carbonyl (C=O) groups excluding carboxylic acids is 2. The SMILES string of the molecule is O=C1CCNC(=O)C2CNCC12. The summed E-state index contributed by atoms with van der Waals surface area (Å²) in [5, 5.41) is 5.82. The van der Waals surface area contributed by atoms with E-state index in [1.54, 1.807) is 0 Å². The van der Waals surface area contributed by atoms with Gasteiger partial charge in [0.25, 0.3) is 0 Å². The Bertz CT molecular complexity index is 205. The van der Waals surface area contributed by atoms with Gasteiger partial charge in [-0.2, -0.15) is 0 Å². The standard InChI is InChI=1S/C8H12N2O2/c11-7-1-2-10-8(12)6-4-9-3-5(6)7/h5-6,9H,1-4H2,(H,10,12). The summed E-state index contributed by atoms with van der Waals surface area (Å²) in [4.78, 5) is 22.7. The van der Waals surface area contributed by atoms with E-state index in [4.69, 9.17) is 0 Å². The molecule has 66 valence electrons. The molecule has 2 aliphatic rings. The molecule has 0 aromatic carbocycles. The molecule has 0 radical (unpaired) electrons. The fourth-order valence-corrected chi connectivity index (χ4v) is 1.92. The number of hydrogen-bond donors (Lipinski definition) is 2. The van der Waals surface area contributed by atoms with Crippen molar-refractivity contribution in [3.8, 4) is 0 Å². The molecule has 0 saturated carbocycles. The lowest BCUT2D eigenvalue weighted by Gasteiger charge is -2.10. The zero-order valence-corrected chi connectivity index (χ0v) is 6.80. The average Bonchev–Trinajstić information content (AvgIpc) is 2.47. The molecule has 2 aliphatic heterocycles. The van der Waals surface area contributed by atoms with Crippen molar-refractivity contribution in [2.24, 2.45) is 11.8 Å². The van der Waals surface area contributed by atoms with E-state index in [0.717, 1.165) is 0 Å². The van der Waals surface area contributed by atoms with E-state index >= 15 is 0 Å². The summed E-state index contributed by atoms with van der Waals surface area (Å²) in [6.07, 6.45) is 0.495. The molecule has 0 aromatic heterocycles. The smallest absolute Gasteiger partial charge is 0.225 e. The van der Waals surface area contributed by atoms with Crippen LogP contribution in [0.3, 0.4) is 0 Å². The van der Waals surface area contributed by atoms with Crippen LogP contribution < -0.4 is 10.6 Å². The van der Waals surface area contributed by atoms with E-state index < -0.39 is 0 Å². The Labute approximate surface area is 70.7 Å². The van der Waals surface area contributed by atoms with Gasteiger partial charge in [0.15, 0.2) is 0 Å². The fourth-order valence-electron chi connectivity index (χ4n) is 1.92. The molecule has 1 amide bonds. The van der Waals surface area contributed by atoms with Gasteiger partial charge in [-0.05, 0) is 0 Å². The number of hydrogen-bond acceptors (Lipinski definition) is 3. The Hall–Kier alpha value is -0.900. The number of nitrogens with one attached hydrogen (secondary N) is 2. The Morgan fingerprint density at radius 2 is 1.92 bits per heavy atom. The summed E-state index contributed by atoms with van der Waals surface area (Å²) in [5.41, 5.74) is 0. The topological polar surface area (TPSA) is 58.2 Å². The summed E-state index contributed by atoms with van der Waals surface area (Å²) >= 11 is 0. The van der Waals surface area contributed by atoms with Crippen molar-refractivity contribution >= 4 is 11.7 Å². The Morgan fingerprint density at radius 1 is 1.17 bits per heavy atom. The van der Waals surface area contributed by atoms with Crippen molar-refractivity contribution in [3.05, 3.63) is 0 Å². The molecule has 4 nitrogen and oxygen atoms in total.